The first-order valence-corrected chi connectivity index (χ1v) is 7.51. The molecule has 0 fully saturated rings. The van der Waals surface area contributed by atoms with Gasteiger partial charge in [0.1, 0.15) is 5.01 Å². The highest BCUT2D eigenvalue weighted by Crippen LogP contribution is 2.19. The Bertz CT molecular complexity index is 517. The molecule has 1 aromatic carbocycles. The number of hydrogen-bond acceptors (Lipinski definition) is 3. The molecule has 2 nitrogen and oxygen atoms in total. The summed E-state index contributed by atoms with van der Waals surface area (Å²) in [6, 6.07) is 10.7. The maximum absolute atomic E-state index is 4.46. The number of rotatable bonds is 6. The lowest BCUT2D eigenvalue weighted by Gasteiger charge is -2.08. The van der Waals surface area contributed by atoms with Crippen molar-refractivity contribution in [1.29, 1.82) is 0 Å². The molecule has 0 saturated carbocycles. The Labute approximate surface area is 119 Å². The minimum Gasteiger partial charge on any atom is -0.305 e. The van der Waals surface area contributed by atoms with Crippen LogP contribution in [0.4, 0.5) is 0 Å². The first kappa shape index (κ1) is 14.0. The van der Waals surface area contributed by atoms with Crippen molar-refractivity contribution in [2.75, 3.05) is 6.54 Å². The summed E-state index contributed by atoms with van der Waals surface area (Å²) in [5.41, 5.74) is 1.24. The van der Waals surface area contributed by atoms with E-state index >= 15 is 0 Å². The average Bonchev–Trinajstić information content (AvgIpc) is 2.93. The molecule has 0 aliphatic rings. The molecule has 0 bridgehead atoms. The van der Waals surface area contributed by atoms with Crippen molar-refractivity contribution >= 4 is 17.4 Å². The lowest BCUT2D eigenvalue weighted by Crippen LogP contribution is -2.18. The number of nitrogens with zero attached hydrogens (tertiary/aromatic N) is 1. The first-order chi connectivity index (χ1) is 9.29. The van der Waals surface area contributed by atoms with Crippen molar-refractivity contribution in [2.24, 2.45) is 0 Å². The van der Waals surface area contributed by atoms with Gasteiger partial charge in [-0.15, -0.1) is 11.3 Å². The first-order valence-electron chi connectivity index (χ1n) is 6.69. The monoisotopic (exact) mass is 272 g/mol. The molecule has 1 aromatic heterocycles. The van der Waals surface area contributed by atoms with E-state index in [1.807, 2.05) is 12.3 Å². The van der Waals surface area contributed by atoms with Crippen LogP contribution in [-0.4, -0.2) is 11.5 Å². The van der Waals surface area contributed by atoms with Gasteiger partial charge in [0.15, 0.2) is 0 Å². The van der Waals surface area contributed by atoms with Crippen LogP contribution in [0.15, 0.2) is 42.6 Å². The van der Waals surface area contributed by atoms with E-state index in [0.717, 1.165) is 13.0 Å². The summed E-state index contributed by atoms with van der Waals surface area (Å²) in [6.07, 6.45) is 7.34. The Morgan fingerprint density at radius 3 is 2.79 bits per heavy atom. The van der Waals surface area contributed by atoms with E-state index in [1.54, 1.807) is 11.3 Å². The van der Waals surface area contributed by atoms with Crippen molar-refractivity contribution < 1.29 is 0 Å². The van der Waals surface area contributed by atoms with Crippen molar-refractivity contribution in [1.82, 2.24) is 10.3 Å². The van der Waals surface area contributed by atoms with Crippen molar-refractivity contribution in [3.05, 3.63) is 58.1 Å². The van der Waals surface area contributed by atoms with E-state index in [9.17, 15) is 0 Å². The number of aromatic nitrogens is 1. The Morgan fingerprint density at radius 1 is 1.32 bits per heavy atom. The number of aryl methyl sites for hydroxylation is 1. The predicted octanol–water partition coefficient (Wildman–Crippen LogP) is 4.07. The van der Waals surface area contributed by atoms with Crippen LogP contribution in [0.2, 0.25) is 0 Å². The zero-order valence-electron chi connectivity index (χ0n) is 11.5. The molecule has 2 aromatic rings. The Balaban J connectivity index is 1.80. The fourth-order valence-electron chi connectivity index (χ4n) is 1.78. The van der Waals surface area contributed by atoms with Crippen LogP contribution in [0.25, 0.3) is 6.08 Å². The number of hydrogen-bond donors (Lipinski definition) is 1. The van der Waals surface area contributed by atoms with Gasteiger partial charge in [-0.05, 0) is 18.9 Å². The Kier molecular flexibility index (Phi) is 5.31. The van der Waals surface area contributed by atoms with E-state index in [1.165, 1.54) is 15.4 Å². The second-order valence-corrected chi connectivity index (χ2v) is 5.61. The summed E-state index contributed by atoms with van der Waals surface area (Å²) in [4.78, 5) is 5.81. The molecule has 1 unspecified atom stereocenters. The zero-order chi connectivity index (χ0) is 13.5. The van der Waals surface area contributed by atoms with Gasteiger partial charge in [-0.3, -0.25) is 0 Å². The second kappa shape index (κ2) is 7.22. The van der Waals surface area contributed by atoms with Gasteiger partial charge in [0.2, 0.25) is 0 Å². The van der Waals surface area contributed by atoms with Gasteiger partial charge in [0, 0.05) is 17.6 Å². The predicted molar refractivity (Wildman–Crippen MR) is 83.4 cm³/mol. The highest BCUT2D eigenvalue weighted by molar-refractivity contribution is 7.11. The van der Waals surface area contributed by atoms with Gasteiger partial charge in [0.05, 0.1) is 6.04 Å². The van der Waals surface area contributed by atoms with E-state index in [4.69, 9.17) is 0 Å². The summed E-state index contributed by atoms with van der Waals surface area (Å²) >= 11 is 1.80. The number of thiazole rings is 1. The van der Waals surface area contributed by atoms with Crippen LogP contribution in [-0.2, 0) is 6.42 Å². The molecule has 0 saturated heterocycles. The van der Waals surface area contributed by atoms with Crippen molar-refractivity contribution in [3.8, 4) is 0 Å². The summed E-state index contributed by atoms with van der Waals surface area (Å²) < 4.78 is 0. The SMILES string of the molecule is CCc1cnc(C(C)NC/C=C/c2ccccc2)s1. The van der Waals surface area contributed by atoms with Gasteiger partial charge >= 0.3 is 0 Å². The molecule has 0 amide bonds. The van der Waals surface area contributed by atoms with E-state index in [0.29, 0.717) is 6.04 Å². The van der Waals surface area contributed by atoms with Crippen molar-refractivity contribution in [3.63, 3.8) is 0 Å². The molecule has 2 rings (SSSR count). The van der Waals surface area contributed by atoms with Gasteiger partial charge in [0.25, 0.3) is 0 Å². The number of benzene rings is 1. The third-order valence-corrected chi connectivity index (χ3v) is 4.27. The molecule has 0 aliphatic carbocycles. The Hall–Kier alpha value is -1.45. The van der Waals surface area contributed by atoms with Crippen LogP contribution in [0.5, 0.6) is 0 Å². The lowest BCUT2D eigenvalue weighted by molar-refractivity contribution is 0.614. The Morgan fingerprint density at radius 2 is 2.11 bits per heavy atom. The zero-order valence-corrected chi connectivity index (χ0v) is 12.3. The quantitative estimate of drug-likeness (QED) is 0.857. The van der Waals surface area contributed by atoms with Crippen LogP contribution in [0, 0.1) is 0 Å². The molecule has 100 valence electrons. The third-order valence-electron chi connectivity index (χ3n) is 2.94. The van der Waals surface area contributed by atoms with Crippen LogP contribution < -0.4 is 5.32 Å². The largest absolute Gasteiger partial charge is 0.305 e. The van der Waals surface area contributed by atoms with Gasteiger partial charge in [-0.2, -0.15) is 0 Å². The summed E-state index contributed by atoms with van der Waals surface area (Å²) in [5.74, 6) is 0. The van der Waals surface area contributed by atoms with E-state index in [2.05, 4.69) is 60.6 Å². The third kappa shape index (κ3) is 4.30. The molecular weight excluding hydrogens is 252 g/mol. The maximum Gasteiger partial charge on any atom is 0.109 e. The summed E-state index contributed by atoms with van der Waals surface area (Å²) in [6.45, 7) is 5.18. The minimum atomic E-state index is 0.311. The maximum atomic E-state index is 4.46. The van der Waals surface area contributed by atoms with Gasteiger partial charge in [-0.1, -0.05) is 49.4 Å². The number of nitrogens with one attached hydrogen (secondary N) is 1. The van der Waals surface area contributed by atoms with Gasteiger partial charge in [-0.25, -0.2) is 4.98 Å². The van der Waals surface area contributed by atoms with Crippen LogP contribution >= 0.6 is 11.3 Å². The standard InChI is InChI=1S/C16H20N2S/c1-3-15-12-18-16(19-15)13(2)17-11-7-10-14-8-5-4-6-9-14/h4-10,12-13,17H,3,11H2,1-2H3/b10-7+. The topological polar surface area (TPSA) is 24.9 Å². The molecule has 0 radical (unpaired) electrons. The molecule has 0 spiro atoms. The molecule has 0 aliphatic heterocycles. The lowest BCUT2D eigenvalue weighted by atomic mass is 10.2. The normalized spacial score (nSPS) is 12.9. The highest BCUT2D eigenvalue weighted by Gasteiger charge is 2.08. The second-order valence-electron chi connectivity index (χ2n) is 4.46. The fraction of sp³-hybridized carbons (Fsp3) is 0.312. The molecule has 1 heterocycles. The smallest absolute Gasteiger partial charge is 0.109 e. The highest BCUT2D eigenvalue weighted by atomic mass is 32.1. The summed E-state index contributed by atoms with van der Waals surface area (Å²) in [5, 5.41) is 4.64. The molecule has 1 atom stereocenters. The fourth-order valence-corrected chi connectivity index (χ4v) is 2.66. The molecule has 1 N–H and O–H groups in total. The van der Waals surface area contributed by atoms with Crippen molar-refractivity contribution in [2.45, 2.75) is 26.3 Å². The van der Waals surface area contributed by atoms with Crippen LogP contribution in [0.1, 0.15) is 35.3 Å². The summed E-state index contributed by atoms with van der Waals surface area (Å²) in [7, 11) is 0. The van der Waals surface area contributed by atoms with E-state index in [-0.39, 0.29) is 0 Å². The molecular formula is C16H20N2S. The molecule has 19 heavy (non-hydrogen) atoms. The van der Waals surface area contributed by atoms with Gasteiger partial charge < -0.3 is 5.32 Å². The molecule has 3 heteroatoms. The van der Waals surface area contributed by atoms with Crippen LogP contribution in [0.3, 0.4) is 0 Å². The minimum absolute atomic E-state index is 0.311. The average molecular weight is 272 g/mol. The van der Waals surface area contributed by atoms with E-state index < -0.39 is 0 Å².